The minimum Gasteiger partial charge on any atom is -0.356 e. The quantitative estimate of drug-likeness (QED) is 0.667. The van der Waals surface area contributed by atoms with Crippen molar-refractivity contribution in [3.63, 3.8) is 0 Å². The first-order chi connectivity index (χ1) is 11.6. The van der Waals surface area contributed by atoms with Crippen LogP contribution in [0.25, 0.3) is 0 Å². The smallest absolute Gasteiger partial charge is 0.223 e. The van der Waals surface area contributed by atoms with Gasteiger partial charge in [-0.1, -0.05) is 13.3 Å². The molecule has 2 aliphatic rings. The molecule has 1 aliphatic carbocycles. The highest BCUT2D eigenvalue weighted by atomic mass is 16.2. The van der Waals surface area contributed by atoms with E-state index >= 15 is 0 Å². The highest BCUT2D eigenvalue weighted by molar-refractivity contribution is 5.78. The molecule has 0 spiro atoms. The van der Waals surface area contributed by atoms with Gasteiger partial charge in [-0.25, -0.2) is 0 Å². The molecule has 138 valence electrons. The fourth-order valence-electron chi connectivity index (χ4n) is 3.91. The molecule has 3 N–H and O–H groups in total. The molecule has 5 heteroatoms. The molecule has 2 amide bonds. The monoisotopic (exact) mass is 337 g/mol. The van der Waals surface area contributed by atoms with Crippen LogP contribution in [0, 0.1) is 17.8 Å². The topological polar surface area (TPSA) is 75.4 Å². The van der Waals surface area contributed by atoms with E-state index in [1.807, 2.05) is 4.90 Å². The molecule has 1 saturated carbocycles. The molecule has 0 aromatic carbocycles. The maximum absolute atomic E-state index is 12.1. The van der Waals surface area contributed by atoms with Crippen LogP contribution in [0.4, 0.5) is 0 Å². The number of carbonyl (C=O) groups excluding carboxylic acids is 2. The van der Waals surface area contributed by atoms with Gasteiger partial charge in [0.1, 0.15) is 0 Å². The summed E-state index contributed by atoms with van der Waals surface area (Å²) in [6, 6.07) is 0. The lowest BCUT2D eigenvalue weighted by atomic mass is 9.81. The molecule has 0 bridgehead atoms. The number of likely N-dealkylation sites (tertiary alicyclic amines) is 1. The molecular formula is C19H35N3O2. The van der Waals surface area contributed by atoms with Crippen molar-refractivity contribution >= 4 is 11.8 Å². The summed E-state index contributed by atoms with van der Waals surface area (Å²) in [4.78, 5) is 26.2. The van der Waals surface area contributed by atoms with Gasteiger partial charge in [0.15, 0.2) is 0 Å². The second-order valence-electron chi connectivity index (χ2n) is 7.79. The third kappa shape index (κ3) is 6.08. The summed E-state index contributed by atoms with van der Waals surface area (Å²) in [5.74, 6) is 1.98. The average molecular weight is 338 g/mol. The first kappa shape index (κ1) is 19.2. The number of unbranched alkanes of at least 4 members (excludes halogenated alkanes) is 2. The zero-order valence-corrected chi connectivity index (χ0v) is 15.3. The van der Waals surface area contributed by atoms with E-state index in [-0.39, 0.29) is 11.8 Å². The highest BCUT2D eigenvalue weighted by Gasteiger charge is 2.25. The van der Waals surface area contributed by atoms with E-state index in [9.17, 15) is 9.59 Å². The lowest BCUT2D eigenvalue weighted by Crippen LogP contribution is -2.34. The Kier molecular flexibility index (Phi) is 8.03. The number of nitrogens with zero attached hydrogens (tertiary/aromatic N) is 1. The molecule has 0 radical (unpaired) electrons. The molecule has 1 aliphatic heterocycles. The van der Waals surface area contributed by atoms with Gasteiger partial charge in [0.05, 0.1) is 0 Å². The van der Waals surface area contributed by atoms with Crippen molar-refractivity contribution in [2.75, 3.05) is 26.2 Å². The fraction of sp³-hybridized carbons (Fsp3) is 0.895. The first-order valence-electron chi connectivity index (χ1n) is 9.85. The van der Waals surface area contributed by atoms with Gasteiger partial charge < -0.3 is 16.0 Å². The third-order valence-electron chi connectivity index (χ3n) is 5.69. The maximum atomic E-state index is 12.1. The molecule has 2 rings (SSSR count). The number of rotatable bonds is 8. The molecular weight excluding hydrogens is 302 g/mol. The van der Waals surface area contributed by atoms with E-state index in [4.69, 9.17) is 5.73 Å². The van der Waals surface area contributed by atoms with E-state index in [1.165, 1.54) is 0 Å². The molecule has 1 saturated heterocycles. The number of hydrogen-bond donors (Lipinski definition) is 2. The van der Waals surface area contributed by atoms with E-state index in [0.29, 0.717) is 24.2 Å². The van der Waals surface area contributed by atoms with Crippen LogP contribution in [-0.4, -0.2) is 42.9 Å². The van der Waals surface area contributed by atoms with Crippen molar-refractivity contribution in [1.82, 2.24) is 10.2 Å². The van der Waals surface area contributed by atoms with Crippen LogP contribution in [0.2, 0.25) is 0 Å². The highest BCUT2D eigenvalue weighted by Crippen LogP contribution is 2.28. The van der Waals surface area contributed by atoms with Gasteiger partial charge in [-0.2, -0.15) is 0 Å². The molecule has 1 atom stereocenters. The van der Waals surface area contributed by atoms with Crippen LogP contribution in [-0.2, 0) is 9.59 Å². The second-order valence-corrected chi connectivity index (χ2v) is 7.79. The van der Waals surface area contributed by atoms with Gasteiger partial charge in [0, 0.05) is 32.0 Å². The van der Waals surface area contributed by atoms with Crippen LogP contribution in [0.3, 0.4) is 0 Å². The van der Waals surface area contributed by atoms with E-state index in [1.54, 1.807) is 0 Å². The normalized spacial score (nSPS) is 27.2. The number of hydrogen-bond acceptors (Lipinski definition) is 3. The Hall–Kier alpha value is -1.10. The van der Waals surface area contributed by atoms with Gasteiger partial charge in [-0.3, -0.25) is 9.59 Å². The van der Waals surface area contributed by atoms with Crippen molar-refractivity contribution in [3.05, 3.63) is 0 Å². The second kappa shape index (κ2) is 10.0. The zero-order valence-electron chi connectivity index (χ0n) is 15.3. The van der Waals surface area contributed by atoms with Gasteiger partial charge in [-0.05, 0) is 63.3 Å². The largest absolute Gasteiger partial charge is 0.356 e. The summed E-state index contributed by atoms with van der Waals surface area (Å²) in [6.45, 7) is 5.57. The fourth-order valence-corrected chi connectivity index (χ4v) is 3.91. The Balaban J connectivity index is 1.48. The minimum absolute atomic E-state index is 0.187. The van der Waals surface area contributed by atoms with E-state index < -0.39 is 0 Å². The molecule has 1 unspecified atom stereocenters. The van der Waals surface area contributed by atoms with Gasteiger partial charge >= 0.3 is 0 Å². The summed E-state index contributed by atoms with van der Waals surface area (Å²) >= 11 is 0. The first-order valence-corrected chi connectivity index (χ1v) is 9.85. The standard InChI is InChI=1S/C19H35N3O2/c1-15-10-12-22(14-15)18(23)5-3-2-4-11-21-19(24)17-8-6-16(13-20)7-9-17/h15-17H,2-14,20H2,1H3,(H,21,24). The molecule has 2 fully saturated rings. The number of nitrogens with two attached hydrogens (primary N) is 1. The maximum Gasteiger partial charge on any atom is 0.223 e. The number of nitrogens with one attached hydrogen (secondary N) is 1. The summed E-state index contributed by atoms with van der Waals surface area (Å²) in [6.07, 6.45) is 8.85. The minimum atomic E-state index is 0.187. The molecule has 5 nitrogen and oxygen atoms in total. The average Bonchev–Trinajstić information content (AvgIpc) is 3.04. The van der Waals surface area contributed by atoms with Crippen molar-refractivity contribution < 1.29 is 9.59 Å². The van der Waals surface area contributed by atoms with Crippen molar-refractivity contribution in [1.29, 1.82) is 0 Å². The Morgan fingerprint density at radius 1 is 1.08 bits per heavy atom. The van der Waals surface area contributed by atoms with Crippen LogP contribution >= 0.6 is 0 Å². The lowest BCUT2D eigenvalue weighted by Gasteiger charge is -2.26. The zero-order chi connectivity index (χ0) is 17.4. The Labute approximate surface area is 146 Å². The summed E-state index contributed by atoms with van der Waals surface area (Å²) in [5.41, 5.74) is 5.69. The van der Waals surface area contributed by atoms with Gasteiger partial charge in [-0.15, -0.1) is 0 Å². The summed E-state index contributed by atoms with van der Waals surface area (Å²) in [7, 11) is 0. The number of carbonyl (C=O) groups is 2. The Morgan fingerprint density at radius 3 is 2.46 bits per heavy atom. The predicted molar refractivity (Wildman–Crippen MR) is 96.3 cm³/mol. The third-order valence-corrected chi connectivity index (χ3v) is 5.69. The van der Waals surface area contributed by atoms with Crippen molar-refractivity contribution in [3.8, 4) is 0 Å². The van der Waals surface area contributed by atoms with Crippen LogP contribution in [0.1, 0.15) is 64.7 Å². The van der Waals surface area contributed by atoms with Gasteiger partial charge in [0.2, 0.25) is 11.8 Å². The summed E-state index contributed by atoms with van der Waals surface area (Å²) in [5, 5.41) is 3.07. The molecule has 0 aromatic heterocycles. The SMILES string of the molecule is CC1CCN(C(=O)CCCCCNC(=O)C2CCC(CN)CC2)C1. The lowest BCUT2D eigenvalue weighted by molar-refractivity contribution is -0.130. The number of amides is 2. The predicted octanol–water partition coefficient (Wildman–Crippen LogP) is 2.30. The van der Waals surface area contributed by atoms with Crippen LogP contribution in [0.5, 0.6) is 0 Å². The van der Waals surface area contributed by atoms with Crippen LogP contribution in [0.15, 0.2) is 0 Å². The molecule has 24 heavy (non-hydrogen) atoms. The molecule has 1 heterocycles. The van der Waals surface area contributed by atoms with Crippen molar-refractivity contribution in [2.24, 2.45) is 23.5 Å². The summed E-state index contributed by atoms with van der Waals surface area (Å²) < 4.78 is 0. The van der Waals surface area contributed by atoms with E-state index in [2.05, 4.69) is 12.2 Å². The molecule has 0 aromatic rings. The Morgan fingerprint density at radius 2 is 1.83 bits per heavy atom. The van der Waals surface area contributed by atoms with E-state index in [0.717, 1.165) is 77.5 Å². The van der Waals surface area contributed by atoms with Crippen LogP contribution < -0.4 is 11.1 Å². The van der Waals surface area contributed by atoms with Gasteiger partial charge in [0.25, 0.3) is 0 Å². The van der Waals surface area contributed by atoms with Crippen molar-refractivity contribution in [2.45, 2.75) is 64.7 Å². The Bertz CT molecular complexity index is 405.